The molecule has 0 aromatic heterocycles. The van der Waals surface area contributed by atoms with E-state index in [-0.39, 0.29) is 18.3 Å². The smallest absolute Gasteiger partial charge is 0.418 e. The predicted molar refractivity (Wildman–Crippen MR) is 112 cm³/mol. The molecule has 2 rings (SSSR count). The number of carbonyl (C=O) groups is 1. The average Bonchev–Trinajstić information content (AvgIpc) is 2.67. The van der Waals surface area contributed by atoms with Crippen molar-refractivity contribution in [3.05, 3.63) is 53.6 Å². The number of likely N-dealkylation sites (N-methyl/N-ethyl adjacent to an activating group) is 1. The van der Waals surface area contributed by atoms with Crippen LogP contribution < -0.4 is 20.3 Å². The quantitative estimate of drug-likeness (QED) is 0.699. The first-order chi connectivity index (χ1) is 14.0. The van der Waals surface area contributed by atoms with Gasteiger partial charge in [0.1, 0.15) is 5.75 Å². The highest BCUT2D eigenvalue weighted by Crippen LogP contribution is 2.37. The number of amides is 2. The second kappa shape index (κ2) is 9.71. The Morgan fingerprint density at radius 2 is 1.80 bits per heavy atom. The third-order valence-electron chi connectivity index (χ3n) is 4.63. The summed E-state index contributed by atoms with van der Waals surface area (Å²) in [6.45, 7) is 0.198. The van der Waals surface area contributed by atoms with Crippen molar-refractivity contribution in [1.29, 1.82) is 0 Å². The number of urea groups is 1. The Morgan fingerprint density at radius 3 is 2.37 bits per heavy atom. The molecule has 1 unspecified atom stereocenters. The lowest BCUT2D eigenvalue weighted by atomic mass is 10.1. The first kappa shape index (κ1) is 23.3. The normalized spacial score (nSPS) is 12.4. The van der Waals surface area contributed by atoms with Gasteiger partial charge in [-0.1, -0.05) is 12.1 Å². The lowest BCUT2D eigenvalue weighted by Crippen LogP contribution is -2.37. The number of nitrogens with one attached hydrogen (secondary N) is 2. The first-order valence-electron chi connectivity index (χ1n) is 9.26. The number of methoxy groups -OCH3 is 1. The van der Waals surface area contributed by atoms with Gasteiger partial charge in [-0.25, -0.2) is 4.79 Å². The molecule has 0 bridgehead atoms. The van der Waals surface area contributed by atoms with E-state index in [2.05, 4.69) is 10.6 Å². The van der Waals surface area contributed by atoms with Gasteiger partial charge in [-0.05, 0) is 50.0 Å². The van der Waals surface area contributed by atoms with Crippen molar-refractivity contribution < 1.29 is 22.7 Å². The number of ether oxygens (including phenoxy) is 1. The standard InChI is InChI=1S/C21H27F3N4O2/c1-27(2)15-9-10-18(17(12-15)21(22,23)24)26-20(29)25-13-19(28(3)4)14-7-6-8-16(11-14)30-5/h6-12,19H,13H2,1-5H3,(H2,25,26,29). The summed E-state index contributed by atoms with van der Waals surface area (Å²) in [5.41, 5.74) is 0.0964. The molecule has 0 radical (unpaired) electrons. The van der Waals surface area contributed by atoms with Crippen LogP contribution in [0.5, 0.6) is 5.75 Å². The van der Waals surface area contributed by atoms with Crippen LogP contribution >= 0.6 is 0 Å². The minimum atomic E-state index is -4.60. The lowest BCUT2D eigenvalue weighted by Gasteiger charge is -2.25. The van der Waals surface area contributed by atoms with Crippen LogP contribution in [0.25, 0.3) is 0 Å². The van der Waals surface area contributed by atoms with Gasteiger partial charge in [0.15, 0.2) is 0 Å². The van der Waals surface area contributed by atoms with Crippen molar-refractivity contribution in [3.8, 4) is 5.75 Å². The molecule has 0 saturated heterocycles. The van der Waals surface area contributed by atoms with Crippen LogP contribution in [0.15, 0.2) is 42.5 Å². The number of benzene rings is 2. The second-order valence-electron chi connectivity index (χ2n) is 7.21. The van der Waals surface area contributed by atoms with Gasteiger partial charge in [-0.3, -0.25) is 0 Å². The maximum absolute atomic E-state index is 13.4. The minimum absolute atomic E-state index is 0.191. The van der Waals surface area contributed by atoms with Crippen molar-refractivity contribution in [3.63, 3.8) is 0 Å². The molecule has 0 aliphatic rings. The minimum Gasteiger partial charge on any atom is -0.497 e. The fourth-order valence-electron chi connectivity index (χ4n) is 2.96. The predicted octanol–water partition coefficient (Wildman–Crippen LogP) is 4.20. The number of nitrogens with zero attached hydrogens (tertiary/aromatic N) is 2. The number of carbonyl (C=O) groups excluding carboxylic acids is 1. The molecular formula is C21H27F3N4O2. The van der Waals surface area contributed by atoms with E-state index in [0.717, 1.165) is 11.6 Å². The van der Waals surface area contributed by atoms with Gasteiger partial charge in [-0.15, -0.1) is 0 Å². The SMILES string of the molecule is COc1cccc(C(CNC(=O)Nc2ccc(N(C)C)cc2C(F)(F)F)N(C)C)c1. The van der Waals surface area contributed by atoms with E-state index in [1.165, 1.54) is 12.1 Å². The van der Waals surface area contributed by atoms with E-state index in [9.17, 15) is 18.0 Å². The highest BCUT2D eigenvalue weighted by atomic mass is 19.4. The van der Waals surface area contributed by atoms with E-state index in [1.54, 1.807) is 26.1 Å². The van der Waals surface area contributed by atoms with Crippen LogP contribution in [-0.4, -0.2) is 52.8 Å². The zero-order chi connectivity index (χ0) is 22.5. The summed E-state index contributed by atoms with van der Waals surface area (Å²) >= 11 is 0. The van der Waals surface area contributed by atoms with Gasteiger partial charge in [0.05, 0.1) is 24.4 Å². The molecule has 2 aromatic rings. The van der Waals surface area contributed by atoms with Crippen molar-refractivity contribution in [2.24, 2.45) is 0 Å². The molecule has 2 amide bonds. The molecule has 9 heteroatoms. The highest BCUT2D eigenvalue weighted by Gasteiger charge is 2.34. The monoisotopic (exact) mass is 424 g/mol. The maximum atomic E-state index is 13.4. The van der Waals surface area contributed by atoms with E-state index in [1.807, 2.05) is 43.3 Å². The molecule has 0 aliphatic heterocycles. The summed E-state index contributed by atoms with van der Waals surface area (Å²) in [4.78, 5) is 15.8. The van der Waals surface area contributed by atoms with E-state index < -0.39 is 17.8 Å². The van der Waals surface area contributed by atoms with Gasteiger partial charge < -0.3 is 25.2 Å². The van der Waals surface area contributed by atoms with Crippen molar-refractivity contribution in [2.75, 3.05) is 52.1 Å². The Kier molecular flexibility index (Phi) is 7.55. The number of alkyl halides is 3. The van der Waals surface area contributed by atoms with Gasteiger partial charge in [0, 0.05) is 26.3 Å². The fraction of sp³-hybridized carbons (Fsp3) is 0.381. The topological polar surface area (TPSA) is 56.8 Å². The number of anilines is 2. The number of hydrogen-bond donors (Lipinski definition) is 2. The Bertz CT molecular complexity index is 870. The van der Waals surface area contributed by atoms with Crippen molar-refractivity contribution >= 4 is 17.4 Å². The summed E-state index contributed by atoms with van der Waals surface area (Å²) < 4.78 is 45.6. The number of hydrogen-bond acceptors (Lipinski definition) is 4. The molecule has 0 spiro atoms. The summed E-state index contributed by atoms with van der Waals surface area (Å²) in [7, 11) is 8.57. The molecule has 6 nitrogen and oxygen atoms in total. The molecule has 1 atom stereocenters. The molecule has 2 N–H and O–H groups in total. The van der Waals surface area contributed by atoms with Crippen LogP contribution in [0.2, 0.25) is 0 Å². The zero-order valence-electron chi connectivity index (χ0n) is 17.7. The summed E-state index contributed by atoms with van der Waals surface area (Å²) in [5.74, 6) is 0.680. The summed E-state index contributed by atoms with van der Waals surface area (Å²) in [5, 5.41) is 4.97. The third-order valence-corrected chi connectivity index (χ3v) is 4.63. The molecule has 0 aliphatic carbocycles. The van der Waals surface area contributed by atoms with E-state index in [4.69, 9.17) is 4.74 Å². The zero-order valence-corrected chi connectivity index (χ0v) is 17.7. The molecule has 0 fully saturated rings. The fourth-order valence-corrected chi connectivity index (χ4v) is 2.96. The Hall–Kier alpha value is -2.94. The molecule has 2 aromatic carbocycles. The Labute approximate surface area is 174 Å². The maximum Gasteiger partial charge on any atom is 0.418 e. The number of halogens is 3. The van der Waals surface area contributed by atoms with E-state index in [0.29, 0.717) is 11.4 Å². The highest BCUT2D eigenvalue weighted by molar-refractivity contribution is 5.90. The van der Waals surface area contributed by atoms with Crippen molar-refractivity contribution in [1.82, 2.24) is 10.2 Å². The van der Waals surface area contributed by atoms with Gasteiger partial charge in [0.2, 0.25) is 0 Å². The summed E-state index contributed by atoms with van der Waals surface area (Å²) in [6, 6.07) is 10.3. The van der Waals surface area contributed by atoms with E-state index >= 15 is 0 Å². The third kappa shape index (κ3) is 6.03. The molecule has 0 heterocycles. The number of rotatable bonds is 7. The lowest BCUT2D eigenvalue weighted by molar-refractivity contribution is -0.136. The summed E-state index contributed by atoms with van der Waals surface area (Å²) in [6.07, 6.45) is -4.60. The van der Waals surface area contributed by atoms with Gasteiger partial charge >= 0.3 is 12.2 Å². The molecule has 164 valence electrons. The second-order valence-corrected chi connectivity index (χ2v) is 7.21. The van der Waals surface area contributed by atoms with Crippen LogP contribution in [0.4, 0.5) is 29.3 Å². The van der Waals surface area contributed by atoms with Crippen LogP contribution in [0.1, 0.15) is 17.2 Å². The van der Waals surface area contributed by atoms with Crippen LogP contribution in [0.3, 0.4) is 0 Å². The van der Waals surface area contributed by atoms with Crippen molar-refractivity contribution in [2.45, 2.75) is 12.2 Å². The first-order valence-corrected chi connectivity index (χ1v) is 9.26. The van der Waals surface area contributed by atoms with Gasteiger partial charge in [-0.2, -0.15) is 13.2 Å². The largest absolute Gasteiger partial charge is 0.497 e. The molecule has 30 heavy (non-hydrogen) atoms. The van der Waals surface area contributed by atoms with Crippen LogP contribution in [-0.2, 0) is 6.18 Å². The Morgan fingerprint density at radius 1 is 1.10 bits per heavy atom. The van der Waals surface area contributed by atoms with Crippen LogP contribution in [0, 0.1) is 0 Å². The Balaban J connectivity index is 2.14. The van der Waals surface area contributed by atoms with Gasteiger partial charge in [0.25, 0.3) is 0 Å². The molecular weight excluding hydrogens is 397 g/mol. The average molecular weight is 424 g/mol. The molecule has 0 saturated carbocycles.